The molecule has 0 saturated carbocycles. The van der Waals surface area contributed by atoms with Crippen LogP contribution < -0.4 is 9.47 Å². The Labute approximate surface area is 142 Å². The maximum Gasteiger partial charge on any atom is 0.573 e. The van der Waals surface area contributed by atoms with Gasteiger partial charge in [0, 0.05) is 0 Å². The van der Waals surface area contributed by atoms with Gasteiger partial charge in [-0.25, -0.2) is 4.79 Å². The first-order valence-electron chi connectivity index (χ1n) is 6.83. The van der Waals surface area contributed by atoms with E-state index < -0.39 is 35.8 Å². The third kappa shape index (κ3) is 5.30. The van der Waals surface area contributed by atoms with Crippen LogP contribution in [0, 0.1) is 0 Å². The Morgan fingerprint density at radius 1 is 0.846 bits per heavy atom. The molecule has 0 aliphatic carbocycles. The Bertz CT molecular complexity index is 798. The Balaban J connectivity index is 2.46. The van der Waals surface area contributed by atoms with E-state index in [1.165, 1.54) is 18.2 Å². The summed E-state index contributed by atoms with van der Waals surface area (Å²) >= 11 is 0. The largest absolute Gasteiger partial charge is 0.573 e. The van der Waals surface area contributed by atoms with Gasteiger partial charge in [-0.15, -0.1) is 26.3 Å². The van der Waals surface area contributed by atoms with E-state index in [1.807, 2.05) is 0 Å². The van der Waals surface area contributed by atoms with Crippen molar-refractivity contribution in [3.63, 3.8) is 0 Å². The monoisotopic (exact) mass is 380 g/mol. The summed E-state index contributed by atoms with van der Waals surface area (Å²) in [4.78, 5) is 11.6. The highest BCUT2D eigenvalue weighted by Crippen LogP contribution is 2.33. The molecule has 0 saturated heterocycles. The van der Waals surface area contributed by atoms with Crippen molar-refractivity contribution in [2.24, 2.45) is 0 Å². The summed E-state index contributed by atoms with van der Waals surface area (Å²) in [7, 11) is 0.978. The lowest BCUT2D eigenvalue weighted by Crippen LogP contribution is -2.19. The van der Waals surface area contributed by atoms with Gasteiger partial charge in [0.2, 0.25) is 0 Å². The number of carbonyl (C=O) groups excluding carboxylic acids is 1. The van der Waals surface area contributed by atoms with Crippen LogP contribution in [-0.2, 0) is 4.74 Å². The molecule has 0 amide bonds. The number of alkyl halides is 6. The third-order valence-electron chi connectivity index (χ3n) is 3.01. The zero-order valence-electron chi connectivity index (χ0n) is 12.9. The fourth-order valence-corrected chi connectivity index (χ4v) is 2.06. The van der Waals surface area contributed by atoms with E-state index in [-0.39, 0.29) is 11.1 Å². The van der Waals surface area contributed by atoms with Crippen molar-refractivity contribution in [1.29, 1.82) is 0 Å². The molecule has 0 aliphatic heterocycles. The Hall–Kier alpha value is -2.91. The molecular formula is C16H10F6O4. The third-order valence-corrected chi connectivity index (χ3v) is 3.01. The first-order chi connectivity index (χ1) is 12.0. The molecule has 4 nitrogen and oxygen atoms in total. The standard InChI is InChI=1S/C16H10F6O4/c1-24-14(23)12-6-5-10(8-13(12)26-16(20,21)22)9-3-2-4-11(7-9)25-15(17,18)19/h2-8H,1H3. The van der Waals surface area contributed by atoms with Gasteiger partial charge in [0.1, 0.15) is 17.1 Å². The van der Waals surface area contributed by atoms with E-state index in [2.05, 4.69) is 14.2 Å². The number of rotatable bonds is 4. The number of methoxy groups -OCH3 is 1. The van der Waals surface area contributed by atoms with E-state index in [1.54, 1.807) is 0 Å². The van der Waals surface area contributed by atoms with Crippen LogP contribution in [0.5, 0.6) is 11.5 Å². The molecule has 140 valence electrons. The minimum absolute atomic E-state index is 0.0736. The Morgan fingerprint density at radius 3 is 2.04 bits per heavy atom. The first kappa shape index (κ1) is 19.4. The molecule has 0 spiro atoms. The van der Waals surface area contributed by atoms with E-state index >= 15 is 0 Å². The smallest absolute Gasteiger partial charge is 0.465 e. The van der Waals surface area contributed by atoms with Crippen molar-refractivity contribution < 1.29 is 45.3 Å². The molecule has 0 unspecified atom stereocenters. The maximum absolute atomic E-state index is 12.6. The van der Waals surface area contributed by atoms with E-state index in [0.717, 1.165) is 31.4 Å². The summed E-state index contributed by atoms with van der Waals surface area (Å²) in [5, 5.41) is 0. The Morgan fingerprint density at radius 2 is 1.46 bits per heavy atom. The molecule has 0 heterocycles. The fourth-order valence-electron chi connectivity index (χ4n) is 2.06. The SMILES string of the molecule is COC(=O)c1ccc(-c2cccc(OC(F)(F)F)c2)cc1OC(F)(F)F. The number of esters is 1. The van der Waals surface area contributed by atoms with Crippen LogP contribution in [0.15, 0.2) is 42.5 Å². The van der Waals surface area contributed by atoms with Crippen molar-refractivity contribution >= 4 is 5.97 Å². The lowest BCUT2D eigenvalue weighted by molar-refractivity contribution is -0.275. The van der Waals surface area contributed by atoms with Crippen molar-refractivity contribution in [3.05, 3.63) is 48.0 Å². The van der Waals surface area contributed by atoms with Crippen molar-refractivity contribution in [2.45, 2.75) is 12.7 Å². The molecule has 10 heteroatoms. The van der Waals surface area contributed by atoms with Gasteiger partial charge in [-0.05, 0) is 35.4 Å². The van der Waals surface area contributed by atoms with Gasteiger partial charge in [-0.1, -0.05) is 18.2 Å². The molecule has 26 heavy (non-hydrogen) atoms. The fraction of sp³-hybridized carbons (Fsp3) is 0.188. The van der Waals surface area contributed by atoms with Gasteiger partial charge in [-0.3, -0.25) is 0 Å². The quantitative estimate of drug-likeness (QED) is 0.557. The van der Waals surface area contributed by atoms with E-state index in [4.69, 9.17) is 0 Å². The molecule has 0 atom stereocenters. The number of halogens is 6. The molecule has 2 rings (SSSR count). The van der Waals surface area contributed by atoms with Gasteiger partial charge in [-0.2, -0.15) is 0 Å². The number of ether oxygens (including phenoxy) is 3. The predicted molar refractivity (Wildman–Crippen MR) is 76.6 cm³/mol. The molecule has 0 aromatic heterocycles. The predicted octanol–water partition coefficient (Wildman–Crippen LogP) is 4.94. The number of carbonyl (C=O) groups is 1. The Kier molecular flexibility index (Phi) is 5.33. The molecule has 0 bridgehead atoms. The first-order valence-corrected chi connectivity index (χ1v) is 6.83. The minimum atomic E-state index is -5.08. The van der Waals surface area contributed by atoms with Gasteiger partial charge in [0.25, 0.3) is 0 Å². The highest BCUT2D eigenvalue weighted by Gasteiger charge is 2.33. The van der Waals surface area contributed by atoms with Crippen LogP contribution in [-0.4, -0.2) is 25.8 Å². The topological polar surface area (TPSA) is 44.8 Å². The average molecular weight is 380 g/mol. The molecule has 0 aliphatic rings. The number of benzene rings is 2. The van der Waals surface area contributed by atoms with Crippen LogP contribution >= 0.6 is 0 Å². The zero-order chi connectivity index (χ0) is 19.5. The summed E-state index contributed by atoms with van der Waals surface area (Å²) in [5.41, 5.74) is -0.295. The number of hydrogen-bond acceptors (Lipinski definition) is 4. The normalized spacial score (nSPS) is 11.8. The number of hydrogen-bond donors (Lipinski definition) is 0. The molecule has 0 radical (unpaired) electrons. The van der Waals surface area contributed by atoms with Gasteiger partial charge in [0.05, 0.1) is 7.11 Å². The van der Waals surface area contributed by atoms with Gasteiger partial charge in [0.15, 0.2) is 0 Å². The van der Waals surface area contributed by atoms with Crippen LogP contribution in [0.1, 0.15) is 10.4 Å². The van der Waals surface area contributed by atoms with Crippen LogP contribution in [0.4, 0.5) is 26.3 Å². The molecule has 2 aromatic rings. The highest BCUT2D eigenvalue weighted by atomic mass is 19.4. The molecule has 2 aromatic carbocycles. The lowest BCUT2D eigenvalue weighted by Gasteiger charge is -2.14. The van der Waals surface area contributed by atoms with Crippen molar-refractivity contribution in [1.82, 2.24) is 0 Å². The molecule has 0 fully saturated rings. The second kappa shape index (κ2) is 7.14. The van der Waals surface area contributed by atoms with Gasteiger partial charge < -0.3 is 14.2 Å². The second-order valence-corrected chi connectivity index (χ2v) is 4.83. The van der Waals surface area contributed by atoms with Crippen LogP contribution in [0.2, 0.25) is 0 Å². The lowest BCUT2D eigenvalue weighted by atomic mass is 10.0. The van der Waals surface area contributed by atoms with Crippen molar-refractivity contribution in [3.8, 4) is 22.6 Å². The van der Waals surface area contributed by atoms with E-state index in [9.17, 15) is 31.1 Å². The summed E-state index contributed by atoms with van der Waals surface area (Å²) in [6, 6.07) is 7.72. The van der Waals surface area contributed by atoms with Gasteiger partial charge >= 0.3 is 18.7 Å². The van der Waals surface area contributed by atoms with Crippen LogP contribution in [0.25, 0.3) is 11.1 Å². The zero-order valence-corrected chi connectivity index (χ0v) is 12.9. The van der Waals surface area contributed by atoms with Crippen molar-refractivity contribution in [2.75, 3.05) is 7.11 Å². The van der Waals surface area contributed by atoms with Crippen LogP contribution in [0.3, 0.4) is 0 Å². The summed E-state index contributed by atoms with van der Waals surface area (Å²) in [6.07, 6.45) is -10.00. The molecular weight excluding hydrogens is 370 g/mol. The second-order valence-electron chi connectivity index (χ2n) is 4.83. The highest BCUT2D eigenvalue weighted by molar-refractivity contribution is 5.93. The average Bonchev–Trinajstić information content (AvgIpc) is 2.51. The maximum atomic E-state index is 12.6. The summed E-state index contributed by atoms with van der Waals surface area (Å²) in [5.74, 6) is -2.46. The van der Waals surface area contributed by atoms with E-state index in [0.29, 0.717) is 0 Å². The summed E-state index contributed by atoms with van der Waals surface area (Å²) < 4.78 is 86.5. The minimum Gasteiger partial charge on any atom is -0.465 e. The summed E-state index contributed by atoms with van der Waals surface area (Å²) in [6.45, 7) is 0. The molecule has 0 N–H and O–H groups in total.